The number of nitrogens with one attached hydrogen (secondary N) is 2. The summed E-state index contributed by atoms with van der Waals surface area (Å²) >= 11 is 0. The van der Waals surface area contributed by atoms with E-state index in [-0.39, 0.29) is 17.6 Å². The third-order valence-electron chi connectivity index (χ3n) is 6.62. The number of pyridine rings is 1. The molecule has 0 saturated carbocycles. The molecule has 1 saturated heterocycles. The van der Waals surface area contributed by atoms with Crippen molar-refractivity contribution < 1.29 is 4.79 Å². The summed E-state index contributed by atoms with van der Waals surface area (Å²) in [5, 5.41) is 4.81. The fraction of sp³-hybridized carbons (Fsp3) is 0.440. The highest BCUT2D eigenvalue weighted by atomic mass is 16.1. The molecular formula is C25H33N5O. The van der Waals surface area contributed by atoms with E-state index in [1.165, 1.54) is 5.39 Å². The predicted octanol–water partition coefficient (Wildman–Crippen LogP) is 4.84. The van der Waals surface area contributed by atoms with Gasteiger partial charge in [0.15, 0.2) is 5.82 Å². The number of carbonyl (C=O) groups excluding carboxylic acids is 1. The van der Waals surface area contributed by atoms with E-state index in [0.717, 1.165) is 54.9 Å². The number of aromatic amines is 1. The Labute approximate surface area is 184 Å². The van der Waals surface area contributed by atoms with Gasteiger partial charge in [-0.3, -0.25) is 0 Å². The number of para-hydroxylation sites is 1. The Balaban J connectivity index is 1.53. The highest BCUT2D eigenvalue weighted by Crippen LogP contribution is 2.33. The zero-order valence-corrected chi connectivity index (χ0v) is 18.9. The van der Waals surface area contributed by atoms with Crippen LogP contribution in [-0.2, 0) is 4.79 Å². The SMILES string of the molecule is CCC(C)(C)Nc1cccnc1N(C)C1CCN(c2cc3ccccc3[nH]2)C(C=O)C1. The Kier molecular flexibility index (Phi) is 5.90. The van der Waals surface area contributed by atoms with Crippen molar-refractivity contribution in [2.45, 2.75) is 57.7 Å². The van der Waals surface area contributed by atoms with Crippen LogP contribution in [0.15, 0.2) is 48.7 Å². The summed E-state index contributed by atoms with van der Waals surface area (Å²) in [5.41, 5.74) is 2.13. The van der Waals surface area contributed by atoms with E-state index in [0.29, 0.717) is 0 Å². The first-order valence-corrected chi connectivity index (χ1v) is 11.2. The number of nitrogens with zero attached hydrogens (tertiary/aromatic N) is 3. The van der Waals surface area contributed by atoms with Crippen LogP contribution in [0.4, 0.5) is 17.3 Å². The molecule has 0 radical (unpaired) electrons. The van der Waals surface area contributed by atoms with Crippen LogP contribution in [0.3, 0.4) is 0 Å². The van der Waals surface area contributed by atoms with Crippen molar-refractivity contribution >= 4 is 34.5 Å². The molecule has 2 aromatic heterocycles. The minimum absolute atomic E-state index is 0.0110. The molecule has 0 bridgehead atoms. The topological polar surface area (TPSA) is 64.3 Å². The molecule has 6 nitrogen and oxygen atoms in total. The Hall–Kier alpha value is -3.02. The number of anilines is 3. The molecule has 1 fully saturated rings. The van der Waals surface area contributed by atoms with Crippen molar-refractivity contribution in [1.29, 1.82) is 0 Å². The van der Waals surface area contributed by atoms with Gasteiger partial charge in [0, 0.05) is 42.3 Å². The molecule has 2 N–H and O–H groups in total. The zero-order valence-electron chi connectivity index (χ0n) is 18.9. The van der Waals surface area contributed by atoms with Crippen LogP contribution in [-0.4, -0.2) is 47.5 Å². The van der Waals surface area contributed by atoms with E-state index >= 15 is 0 Å². The summed E-state index contributed by atoms with van der Waals surface area (Å²) < 4.78 is 0. The zero-order chi connectivity index (χ0) is 22.0. The second kappa shape index (κ2) is 8.61. The van der Waals surface area contributed by atoms with Gasteiger partial charge in [0.2, 0.25) is 0 Å². The van der Waals surface area contributed by atoms with Gasteiger partial charge in [-0.2, -0.15) is 0 Å². The number of rotatable bonds is 7. The van der Waals surface area contributed by atoms with Crippen molar-refractivity contribution in [3.63, 3.8) is 0 Å². The van der Waals surface area contributed by atoms with E-state index in [1.807, 2.05) is 24.4 Å². The molecule has 3 heterocycles. The van der Waals surface area contributed by atoms with E-state index in [1.54, 1.807) is 0 Å². The number of aldehydes is 1. The molecule has 0 aliphatic carbocycles. The summed E-state index contributed by atoms with van der Waals surface area (Å²) in [6.07, 6.45) is 5.67. The lowest BCUT2D eigenvalue weighted by Crippen LogP contribution is -2.50. The number of hydrogen-bond acceptors (Lipinski definition) is 5. The van der Waals surface area contributed by atoms with Gasteiger partial charge >= 0.3 is 0 Å². The van der Waals surface area contributed by atoms with Crippen molar-refractivity contribution in [2.24, 2.45) is 0 Å². The van der Waals surface area contributed by atoms with Gasteiger partial charge in [-0.25, -0.2) is 4.98 Å². The summed E-state index contributed by atoms with van der Waals surface area (Å²) in [5.74, 6) is 1.96. The normalized spacial score (nSPS) is 19.4. The molecule has 1 aliphatic rings. The van der Waals surface area contributed by atoms with Crippen LogP contribution < -0.4 is 15.1 Å². The smallest absolute Gasteiger partial charge is 0.151 e. The standard InChI is InChI=1S/C25H33N5O/c1-5-25(2,3)28-22-11-8-13-26-24(22)29(4)19-12-14-30(20(16-19)17-31)23-15-18-9-6-7-10-21(18)27-23/h6-11,13,15,17,19-20,27-28H,5,12,14,16H2,1-4H3. The lowest BCUT2D eigenvalue weighted by Gasteiger charge is -2.42. The molecule has 3 aromatic rings. The Bertz CT molecular complexity index is 1010. The van der Waals surface area contributed by atoms with Gasteiger partial charge in [0.05, 0.1) is 11.7 Å². The van der Waals surface area contributed by atoms with Gasteiger partial charge in [-0.1, -0.05) is 25.1 Å². The molecular weight excluding hydrogens is 386 g/mol. The summed E-state index contributed by atoms with van der Waals surface area (Å²) in [4.78, 5) is 24.7. The molecule has 4 rings (SSSR count). The number of H-pyrrole nitrogens is 1. The number of fused-ring (bicyclic) bond motifs is 1. The number of benzene rings is 1. The van der Waals surface area contributed by atoms with Gasteiger partial charge in [-0.15, -0.1) is 0 Å². The molecule has 1 aliphatic heterocycles. The average Bonchev–Trinajstić information content (AvgIpc) is 3.22. The minimum Gasteiger partial charge on any atom is -0.377 e. The van der Waals surface area contributed by atoms with Crippen LogP contribution in [0.5, 0.6) is 0 Å². The van der Waals surface area contributed by atoms with Crippen LogP contribution >= 0.6 is 0 Å². The van der Waals surface area contributed by atoms with Crippen LogP contribution in [0.1, 0.15) is 40.0 Å². The summed E-state index contributed by atoms with van der Waals surface area (Å²) in [6, 6.07) is 14.5. The fourth-order valence-corrected chi connectivity index (χ4v) is 4.37. The maximum absolute atomic E-state index is 12.1. The van der Waals surface area contributed by atoms with E-state index < -0.39 is 0 Å². The van der Waals surface area contributed by atoms with E-state index in [9.17, 15) is 4.79 Å². The molecule has 31 heavy (non-hydrogen) atoms. The number of carbonyl (C=O) groups is 1. The monoisotopic (exact) mass is 419 g/mol. The van der Waals surface area contributed by atoms with Crippen molar-refractivity contribution in [1.82, 2.24) is 9.97 Å². The first kappa shape index (κ1) is 21.2. The average molecular weight is 420 g/mol. The maximum Gasteiger partial charge on any atom is 0.151 e. The van der Waals surface area contributed by atoms with E-state index in [4.69, 9.17) is 0 Å². The number of aromatic nitrogens is 2. The van der Waals surface area contributed by atoms with Gasteiger partial charge in [0.25, 0.3) is 0 Å². The van der Waals surface area contributed by atoms with Gasteiger partial charge in [-0.05, 0) is 57.4 Å². The highest BCUT2D eigenvalue weighted by Gasteiger charge is 2.32. The largest absolute Gasteiger partial charge is 0.377 e. The maximum atomic E-state index is 12.1. The molecule has 2 atom stereocenters. The predicted molar refractivity (Wildman–Crippen MR) is 129 cm³/mol. The van der Waals surface area contributed by atoms with Crippen molar-refractivity contribution in [2.75, 3.05) is 28.7 Å². The summed E-state index contributed by atoms with van der Waals surface area (Å²) in [6.45, 7) is 7.40. The molecule has 164 valence electrons. The number of hydrogen-bond donors (Lipinski definition) is 2. The van der Waals surface area contributed by atoms with Crippen molar-refractivity contribution in [3.8, 4) is 0 Å². The Morgan fingerprint density at radius 2 is 2.10 bits per heavy atom. The molecule has 1 aromatic carbocycles. The molecule has 0 amide bonds. The third kappa shape index (κ3) is 4.38. The van der Waals surface area contributed by atoms with E-state index in [2.05, 4.69) is 77.2 Å². The molecule has 2 unspecified atom stereocenters. The van der Waals surface area contributed by atoms with Gasteiger partial charge in [0.1, 0.15) is 12.1 Å². The number of piperidine rings is 1. The minimum atomic E-state index is -0.165. The molecule has 6 heteroatoms. The quantitative estimate of drug-likeness (QED) is 0.537. The van der Waals surface area contributed by atoms with Crippen LogP contribution in [0, 0.1) is 0 Å². The lowest BCUT2D eigenvalue weighted by atomic mass is 9.96. The first-order chi connectivity index (χ1) is 14.9. The van der Waals surface area contributed by atoms with Crippen molar-refractivity contribution in [3.05, 3.63) is 48.7 Å². The summed E-state index contributed by atoms with van der Waals surface area (Å²) in [7, 11) is 2.09. The van der Waals surface area contributed by atoms with Crippen LogP contribution in [0.2, 0.25) is 0 Å². The van der Waals surface area contributed by atoms with Crippen LogP contribution in [0.25, 0.3) is 10.9 Å². The van der Waals surface area contributed by atoms with Gasteiger partial charge < -0.3 is 24.9 Å². The first-order valence-electron chi connectivity index (χ1n) is 11.2. The third-order valence-corrected chi connectivity index (χ3v) is 6.62. The molecule has 0 spiro atoms. The second-order valence-corrected chi connectivity index (χ2v) is 9.16. The lowest BCUT2D eigenvalue weighted by molar-refractivity contribution is -0.109. The Morgan fingerprint density at radius 3 is 2.84 bits per heavy atom. The second-order valence-electron chi connectivity index (χ2n) is 9.16. The Morgan fingerprint density at radius 1 is 1.29 bits per heavy atom. The fourth-order valence-electron chi connectivity index (χ4n) is 4.37. The highest BCUT2D eigenvalue weighted by molar-refractivity contribution is 5.85.